The van der Waals surface area contributed by atoms with E-state index in [1.165, 1.54) is 37.7 Å². The quantitative estimate of drug-likeness (QED) is 0.167. The number of hydrogen-bond donors (Lipinski definition) is 0. The van der Waals surface area contributed by atoms with Gasteiger partial charge in [-0.2, -0.15) is 0 Å². The fraction of sp³-hybridized carbons (Fsp3) is 0. The Morgan fingerprint density at radius 3 is 1.80 bits per heavy atom. The first-order chi connectivity index (χ1) is 29.7. The molecule has 278 valence electrons. The van der Waals surface area contributed by atoms with Crippen molar-refractivity contribution >= 4 is 86.8 Å². The summed E-state index contributed by atoms with van der Waals surface area (Å²) in [6, 6.07) is 68.7. The maximum absolute atomic E-state index is 6.73. The highest BCUT2D eigenvalue weighted by Crippen LogP contribution is 2.42. The normalized spacial score (nSPS) is 12.0. The number of rotatable bonds is 4. The molecule has 0 unspecified atom stereocenters. The van der Waals surface area contributed by atoms with Crippen LogP contribution in [0, 0.1) is 0 Å². The van der Waals surface area contributed by atoms with Crippen molar-refractivity contribution in [3.05, 3.63) is 194 Å². The second kappa shape index (κ2) is 12.7. The number of para-hydroxylation sites is 2. The van der Waals surface area contributed by atoms with Gasteiger partial charge in [0.1, 0.15) is 11.2 Å². The van der Waals surface area contributed by atoms with Crippen LogP contribution in [0.3, 0.4) is 0 Å². The van der Waals surface area contributed by atoms with Crippen molar-refractivity contribution in [1.29, 1.82) is 0 Å². The molecule has 0 radical (unpaired) electrons. The molecule has 0 aliphatic rings. The van der Waals surface area contributed by atoms with Crippen LogP contribution >= 0.6 is 0 Å². The van der Waals surface area contributed by atoms with Gasteiger partial charge in [-0.25, -0.2) is 15.0 Å². The summed E-state index contributed by atoms with van der Waals surface area (Å²) in [5.41, 5.74) is 7.53. The molecular weight excluding hydrogens is 733 g/mol. The first-order valence-corrected chi connectivity index (χ1v) is 20.3. The van der Waals surface area contributed by atoms with E-state index in [4.69, 9.17) is 19.4 Å². The molecule has 0 aliphatic heterocycles. The van der Waals surface area contributed by atoms with Gasteiger partial charge >= 0.3 is 0 Å². The van der Waals surface area contributed by atoms with E-state index >= 15 is 0 Å². The van der Waals surface area contributed by atoms with Crippen molar-refractivity contribution in [1.82, 2.24) is 19.5 Å². The van der Waals surface area contributed by atoms with Crippen LogP contribution in [0.4, 0.5) is 0 Å². The molecule has 0 atom stereocenters. The molecule has 13 aromatic rings. The van der Waals surface area contributed by atoms with E-state index < -0.39 is 0 Å². The van der Waals surface area contributed by atoms with Gasteiger partial charge in [-0.05, 0) is 85.6 Å². The van der Waals surface area contributed by atoms with Crippen molar-refractivity contribution in [2.45, 2.75) is 0 Å². The predicted molar refractivity (Wildman–Crippen MR) is 248 cm³/mol. The SMILES string of the molecule is c1ccc2cc3c(cc2c1)c1ccccc1n3-c1cc(-c2nc(-c3ccc4c(ccc5ccccc54)c3)nc(-c3cccc4ccccc34)n2)cc2oc3ccccc3c12. The highest BCUT2D eigenvalue weighted by Gasteiger charge is 2.22. The maximum Gasteiger partial charge on any atom is 0.164 e. The Labute approximate surface area is 343 Å². The second-order valence-corrected chi connectivity index (χ2v) is 15.6. The zero-order valence-electron chi connectivity index (χ0n) is 32.2. The van der Waals surface area contributed by atoms with Crippen molar-refractivity contribution < 1.29 is 4.42 Å². The lowest BCUT2D eigenvalue weighted by atomic mass is 10.00. The zero-order valence-corrected chi connectivity index (χ0v) is 32.2. The number of fused-ring (bicyclic) bond motifs is 11. The number of aromatic nitrogens is 4. The lowest BCUT2D eigenvalue weighted by molar-refractivity contribution is 0.669. The van der Waals surface area contributed by atoms with Crippen LogP contribution in [0.25, 0.3) is 127 Å². The summed E-state index contributed by atoms with van der Waals surface area (Å²) in [6.45, 7) is 0. The van der Waals surface area contributed by atoms with Crippen LogP contribution < -0.4 is 0 Å². The van der Waals surface area contributed by atoms with Gasteiger partial charge in [-0.15, -0.1) is 0 Å². The third kappa shape index (κ3) is 4.96. The topological polar surface area (TPSA) is 56.7 Å². The minimum Gasteiger partial charge on any atom is -0.456 e. The molecule has 0 spiro atoms. The van der Waals surface area contributed by atoms with Crippen LogP contribution in [0.5, 0.6) is 0 Å². The molecule has 0 fully saturated rings. The lowest BCUT2D eigenvalue weighted by Gasteiger charge is -2.14. The van der Waals surface area contributed by atoms with E-state index in [1.807, 2.05) is 12.1 Å². The van der Waals surface area contributed by atoms with Gasteiger partial charge in [0.25, 0.3) is 0 Å². The average molecular weight is 765 g/mol. The molecule has 13 rings (SSSR count). The monoisotopic (exact) mass is 764 g/mol. The Kier molecular flexibility index (Phi) is 6.95. The third-order valence-corrected chi connectivity index (χ3v) is 12.2. The molecule has 5 nitrogen and oxygen atoms in total. The van der Waals surface area contributed by atoms with Crippen LogP contribution in [-0.2, 0) is 0 Å². The van der Waals surface area contributed by atoms with Crippen LogP contribution in [-0.4, -0.2) is 19.5 Å². The number of hydrogen-bond acceptors (Lipinski definition) is 4. The standard InChI is InChI=1S/C55H32N4O/c1-2-15-36-30-48-46(29-35(36)14-1)43-19-7-9-22-47(43)59(48)49-31-39(32-51-52(49)45-20-8-10-23-50(45)60-51)54-56-53(57-55(58-54)44-21-11-16-33-12-3-6-18-41(33)44)38-26-27-42-37(28-38)25-24-34-13-4-5-17-40(34)42/h1-32H. The molecule has 0 amide bonds. The molecule has 0 saturated carbocycles. The van der Waals surface area contributed by atoms with Gasteiger partial charge in [0.15, 0.2) is 17.5 Å². The van der Waals surface area contributed by atoms with Crippen LogP contribution in [0.15, 0.2) is 199 Å². The van der Waals surface area contributed by atoms with E-state index in [0.717, 1.165) is 71.5 Å². The third-order valence-electron chi connectivity index (χ3n) is 12.2. The summed E-state index contributed by atoms with van der Waals surface area (Å²) in [7, 11) is 0. The van der Waals surface area contributed by atoms with E-state index in [1.54, 1.807) is 0 Å². The summed E-state index contributed by atoms with van der Waals surface area (Å²) >= 11 is 0. The van der Waals surface area contributed by atoms with Crippen molar-refractivity contribution in [2.24, 2.45) is 0 Å². The molecule has 5 heteroatoms. The summed E-state index contributed by atoms with van der Waals surface area (Å²) < 4.78 is 9.13. The van der Waals surface area contributed by atoms with Gasteiger partial charge in [-0.1, -0.05) is 152 Å². The van der Waals surface area contributed by atoms with E-state index in [0.29, 0.717) is 17.5 Å². The first kappa shape index (κ1) is 32.9. The lowest BCUT2D eigenvalue weighted by Crippen LogP contribution is -2.02. The predicted octanol–water partition coefficient (Wildman–Crippen LogP) is 14.5. The molecule has 3 aromatic heterocycles. The number of furan rings is 1. The van der Waals surface area contributed by atoms with Gasteiger partial charge < -0.3 is 8.98 Å². The fourth-order valence-electron chi connectivity index (χ4n) is 9.38. The largest absolute Gasteiger partial charge is 0.456 e. The molecule has 3 heterocycles. The minimum absolute atomic E-state index is 0.566. The van der Waals surface area contributed by atoms with Crippen LogP contribution in [0.2, 0.25) is 0 Å². The Balaban J connectivity index is 1.11. The summed E-state index contributed by atoms with van der Waals surface area (Å²) in [4.78, 5) is 15.9. The molecule has 0 bridgehead atoms. The van der Waals surface area contributed by atoms with Crippen LogP contribution in [0.1, 0.15) is 0 Å². The Bertz CT molecular complexity index is 3910. The Hall–Kier alpha value is -8.15. The van der Waals surface area contributed by atoms with E-state index in [-0.39, 0.29) is 0 Å². The minimum atomic E-state index is 0.566. The van der Waals surface area contributed by atoms with Gasteiger partial charge in [0.05, 0.1) is 22.1 Å². The van der Waals surface area contributed by atoms with E-state index in [2.05, 4.69) is 187 Å². The maximum atomic E-state index is 6.73. The molecular formula is C55H32N4O. The smallest absolute Gasteiger partial charge is 0.164 e. The second-order valence-electron chi connectivity index (χ2n) is 15.6. The Morgan fingerprint density at radius 2 is 0.950 bits per heavy atom. The molecule has 0 N–H and O–H groups in total. The molecule has 10 aromatic carbocycles. The van der Waals surface area contributed by atoms with Gasteiger partial charge in [0, 0.05) is 32.8 Å². The summed E-state index contributed by atoms with van der Waals surface area (Å²) in [5, 5.41) is 13.8. The van der Waals surface area contributed by atoms with Gasteiger partial charge in [-0.3, -0.25) is 0 Å². The van der Waals surface area contributed by atoms with Crippen molar-refractivity contribution in [3.63, 3.8) is 0 Å². The molecule has 0 aliphatic carbocycles. The zero-order chi connectivity index (χ0) is 39.3. The highest BCUT2D eigenvalue weighted by atomic mass is 16.3. The van der Waals surface area contributed by atoms with Crippen molar-refractivity contribution in [2.75, 3.05) is 0 Å². The number of benzene rings is 10. The summed E-state index contributed by atoms with van der Waals surface area (Å²) in [5.74, 6) is 1.78. The van der Waals surface area contributed by atoms with Crippen molar-refractivity contribution in [3.8, 4) is 39.9 Å². The molecule has 0 saturated heterocycles. The molecule has 60 heavy (non-hydrogen) atoms. The average Bonchev–Trinajstić information content (AvgIpc) is 3.85. The van der Waals surface area contributed by atoms with E-state index in [9.17, 15) is 0 Å². The highest BCUT2D eigenvalue weighted by molar-refractivity contribution is 6.17. The first-order valence-electron chi connectivity index (χ1n) is 20.3. The number of nitrogens with zero attached hydrogens (tertiary/aromatic N) is 4. The van der Waals surface area contributed by atoms with Gasteiger partial charge in [0.2, 0.25) is 0 Å². The Morgan fingerprint density at radius 1 is 0.333 bits per heavy atom. The summed E-state index contributed by atoms with van der Waals surface area (Å²) in [6.07, 6.45) is 0. The fourth-order valence-corrected chi connectivity index (χ4v) is 9.38.